The summed E-state index contributed by atoms with van der Waals surface area (Å²) in [7, 11) is 0. The largest absolute Gasteiger partial charge is 0.460 e. The first kappa shape index (κ1) is 26.0. The number of carbonyl (C=O) groups is 2. The van der Waals surface area contributed by atoms with Crippen molar-refractivity contribution in [3.8, 4) is 0 Å². The molecule has 5 nitrogen and oxygen atoms in total. The molecule has 0 aromatic heterocycles. The molecule has 3 atom stereocenters. The van der Waals surface area contributed by atoms with Crippen molar-refractivity contribution in [2.75, 3.05) is 11.9 Å². The summed E-state index contributed by atoms with van der Waals surface area (Å²) in [5, 5.41) is 3.10. The van der Waals surface area contributed by atoms with E-state index in [0.717, 1.165) is 19.3 Å². The Morgan fingerprint density at radius 2 is 1.79 bits per heavy atom. The fraction of sp³-hybridized carbons (Fsp3) is 0.462. The lowest BCUT2D eigenvalue weighted by atomic mass is 9.75. The highest BCUT2D eigenvalue weighted by Gasteiger charge is 2.33. The molecule has 2 aromatic rings. The van der Waals surface area contributed by atoms with E-state index in [2.05, 4.69) is 26.1 Å². The van der Waals surface area contributed by atoms with Gasteiger partial charge in [0.25, 0.3) is 5.76 Å². The lowest BCUT2D eigenvalue weighted by molar-refractivity contribution is -0.159. The van der Waals surface area contributed by atoms with Crippen molar-refractivity contribution in [2.24, 2.45) is 17.8 Å². The number of thioether (sulfide) groups is 1. The van der Waals surface area contributed by atoms with Gasteiger partial charge in [-0.05, 0) is 67.0 Å². The van der Waals surface area contributed by atoms with E-state index in [0.29, 0.717) is 45.8 Å². The molecule has 0 radical (unpaired) electrons. The molecule has 1 N–H and O–H groups in total. The molecule has 34 heavy (non-hydrogen) atoms. The van der Waals surface area contributed by atoms with Crippen LogP contribution in [0.15, 0.2) is 53.4 Å². The summed E-state index contributed by atoms with van der Waals surface area (Å²) in [5.41, 5.74) is 1.37. The van der Waals surface area contributed by atoms with Gasteiger partial charge in [0.1, 0.15) is 6.10 Å². The molecule has 3 rings (SSSR count). The van der Waals surface area contributed by atoms with Crippen molar-refractivity contribution in [3.63, 3.8) is 0 Å². The molecule has 3 unspecified atom stereocenters. The third kappa shape index (κ3) is 7.45. The van der Waals surface area contributed by atoms with Crippen molar-refractivity contribution >= 4 is 35.1 Å². The van der Waals surface area contributed by atoms with Crippen LogP contribution < -0.4 is 5.32 Å². The standard InChI is InChI=1S/C26H31F2NO4S/c1-16(2)20-13-8-17(3)14-23(20)33-24(30)15-32-25(31)21-6-4-5-7-22(21)29-18-9-11-19(12-10-18)34-26(27)28/h4-7,9-12,16-17,20,23,26,29H,8,13-15H2,1-3H3. The second kappa shape index (κ2) is 12.2. The van der Waals surface area contributed by atoms with Crippen LogP contribution in [0.25, 0.3) is 0 Å². The fourth-order valence-electron chi connectivity index (χ4n) is 4.30. The average Bonchev–Trinajstić information content (AvgIpc) is 2.78. The predicted octanol–water partition coefficient (Wildman–Crippen LogP) is 6.91. The zero-order chi connectivity index (χ0) is 24.7. The number of benzene rings is 2. The number of alkyl halides is 2. The SMILES string of the molecule is CC1CCC(C(C)C)C(OC(=O)COC(=O)c2ccccc2Nc2ccc(SC(F)F)cc2)C1. The second-order valence-corrected chi connectivity index (χ2v) is 10.1. The molecule has 184 valence electrons. The summed E-state index contributed by atoms with van der Waals surface area (Å²) in [6.07, 6.45) is 2.82. The van der Waals surface area contributed by atoms with E-state index in [1.165, 1.54) is 0 Å². The summed E-state index contributed by atoms with van der Waals surface area (Å²) in [5.74, 6) is -2.46. The highest BCUT2D eigenvalue weighted by atomic mass is 32.2. The van der Waals surface area contributed by atoms with E-state index in [-0.39, 0.29) is 11.7 Å². The second-order valence-electron chi connectivity index (χ2n) is 9.00. The molecule has 8 heteroatoms. The van der Waals surface area contributed by atoms with Crippen LogP contribution in [0.2, 0.25) is 0 Å². The Bertz CT molecular complexity index is 968. The molecule has 0 aliphatic heterocycles. The number of esters is 2. The average molecular weight is 492 g/mol. The van der Waals surface area contributed by atoms with E-state index < -0.39 is 24.3 Å². The quantitative estimate of drug-likeness (QED) is 0.304. The van der Waals surface area contributed by atoms with Crippen LogP contribution in [-0.2, 0) is 14.3 Å². The summed E-state index contributed by atoms with van der Waals surface area (Å²) in [6.45, 7) is 5.97. The summed E-state index contributed by atoms with van der Waals surface area (Å²) < 4.78 is 36.0. The van der Waals surface area contributed by atoms with Gasteiger partial charge in [-0.1, -0.05) is 51.1 Å². The van der Waals surface area contributed by atoms with Gasteiger partial charge in [-0.2, -0.15) is 8.78 Å². The first-order valence-corrected chi connectivity index (χ1v) is 12.4. The highest BCUT2D eigenvalue weighted by molar-refractivity contribution is 7.99. The van der Waals surface area contributed by atoms with Gasteiger partial charge in [0, 0.05) is 10.6 Å². The highest BCUT2D eigenvalue weighted by Crippen LogP contribution is 2.35. The molecule has 0 spiro atoms. The monoisotopic (exact) mass is 491 g/mol. The molecule has 0 bridgehead atoms. The predicted molar refractivity (Wildman–Crippen MR) is 130 cm³/mol. The lowest BCUT2D eigenvalue weighted by Gasteiger charge is -2.36. The van der Waals surface area contributed by atoms with Gasteiger partial charge in [0.2, 0.25) is 0 Å². The Morgan fingerprint density at radius 1 is 1.09 bits per heavy atom. The zero-order valence-corrected chi connectivity index (χ0v) is 20.4. The molecule has 2 aromatic carbocycles. The van der Waals surface area contributed by atoms with Crippen molar-refractivity contribution in [3.05, 3.63) is 54.1 Å². The smallest absolute Gasteiger partial charge is 0.344 e. The van der Waals surface area contributed by atoms with E-state index in [1.54, 1.807) is 48.5 Å². The molecule has 1 aliphatic rings. The van der Waals surface area contributed by atoms with Crippen LogP contribution in [0, 0.1) is 17.8 Å². The molecular weight excluding hydrogens is 460 g/mol. The number of nitrogens with one attached hydrogen (secondary N) is 1. The van der Waals surface area contributed by atoms with Gasteiger partial charge < -0.3 is 14.8 Å². The molecular formula is C26H31F2NO4S. The van der Waals surface area contributed by atoms with Gasteiger partial charge in [0.05, 0.1) is 11.3 Å². The Balaban J connectivity index is 1.58. The Hall–Kier alpha value is -2.61. The number of ether oxygens (including phenoxy) is 2. The van der Waals surface area contributed by atoms with E-state index in [9.17, 15) is 18.4 Å². The molecule has 0 heterocycles. The van der Waals surface area contributed by atoms with Crippen molar-refractivity contribution in [1.82, 2.24) is 0 Å². The van der Waals surface area contributed by atoms with E-state index in [1.807, 2.05) is 0 Å². The third-order valence-corrected chi connectivity index (χ3v) is 6.79. The van der Waals surface area contributed by atoms with Gasteiger partial charge >= 0.3 is 11.9 Å². The van der Waals surface area contributed by atoms with Crippen molar-refractivity contribution in [2.45, 2.75) is 56.8 Å². The summed E-state index contributed by atoms with van der Waals surface area (Å²) in [6, 6.07) is 13.2. The van der Waals surface area contributed by atoms with Crippen LogP contribution in [0.3, 0.4) is 0 Å². The minimum Gasteiger partial charge on any atom is -0.460 e. The number of para-hydroxylation sites is 1. The van der Waals surface area contributed by atoms with Crippen LogP contribution in [0.4, 0.5) is 20.2 Å². The number of halogens is 2. The number of hydrogen-bond acceptors (Lipinski definition) is 6. The van der Waals surface area contributed by atoms with Crippen LogP contribution in [0.5, 0.6) is 0 Å². The van der Waals surface area contributed by atoms with E-state index in [4.69, 9.17) is 9.47 Å². The lowest BCUT2D eigenvalue weighted by Crippen LogP contribution is -2.36. The van der Waals surface area contributed by atoms with Crippen molar-refractivity contribution in [1.29, 1.82) is 0 Å². The summed E-state index contributed by atoms with van der Waals surface area (Å²) in [4.78, 5) is 25.6. The van der Waals surface area contributed by atoms with Crippen LogP contribution >= 0.6 is 11.8 Å². The number of anilines is 2. The number of rotatable bonds is 9. The molecule has 0 saturated heterocycles. The van der Waals surface area contributed by atoms with Gasteiger partial charge in [-0.15, -0.1) is 0 Å². The van der Waals surface area contributed by atoms with Crippen molar-refractivity contribution < 1.29 is 27.8 Å². The van der Waals surface area contributed by atoms with E-state index >= 15 is 0 Å². The first-order valence-electron chi connectivity index (χ1n) is 11.5. The first-order chi connectivity index (χ1) is 16.2. The minimum atomic E-state index is -2.49. The van der Waals surface area contributed by atoms with Gasteiger partial charge in [-0.25, -0.2) is 9.59 Å². The Labute approximate surface area is 203 Å². The van der Waals surface area contributed by atoms with Gasteiger partial charge in [-0.3, -0.25) is 0 Å². The molecule has 1 fully saturated rings. The molecule has 1 saturated carbocycles. The van der Waals surface area contributed by atoms with Crippen LogP contribution in [0.1, 0.15) is 50.4 Å². The normalized spacial score (nSPS) is 20.3. The maximum Gasteiger partial charge on any atom is 0.344 e. The van der Waals surface area contributed by atoms with Gasteiger partial charge in [0.15, 0.2) is 6.61 Å². The zero-order valence-electron chi connectivity index (χ0n) is 19.6. The maximum atomic E-state index is 12.7. The maximum absolute atomic E-state index is 12.7. The Kier molecular flexibility index (Phi) is 9.33. The number of hydrogen-bond donors (Lipinski definition) is 1. The Morgan fingerprint density at radius 3 is 2.47 bits per heavy atom. The topological polar surface area (TPSA) is 64.6 Å². The molecule has 0 amide bonds. The summed E-state index contributed by atoms with van der Waals surface area (Å²) >= 11 is 0.466. The third-order valence-electron chi connectivity index (χ3n) is 6.07. The molecule has 1 aliphatic carbocycles. The fourth-order valence-corrected chi connectivity index (χ4v) is 4.80. The number of carbonyl (C=O) groups excluding carboxylic acids is 2. The van der Waals surface area contributed by atoms with Crippen LogP contribution in [-0.4, -0.2) is 30.4 Å². The minimum absolute atomic E-state index is 0.157.